The van der Waals surface area contributed by atoms with Gasteiger partial charge in [0.25, 0.3) is 0 Å². The van der Waals surface area contributed by atoms with Crippen LogP contribution in [0.4, 0.5) is 0 Å². The first-order chi connectivity index (χ1) is 8.83. The summed E-state index contributed by atoms with van der Waals surface area (Å²) in [5.41, 5.74) is 1.66. The first-order valence-corrected chi connectivity index (χ1v) is 6.98. The number of piperidine rings is 1. The molecule has 1 aliphatic rings. The number of benzene rings is 1. The quantitative estimate of drug-likeness (QED) is 0.947. The topological polar surface area (TPSA) is 47.3 Å². The van der Waals surface area contributed by atoms with Crippen LogP contribution in [0, 0.1) is 0 Å². The third-order valence-corrected chi connectivity index (χ3v) is 3.76. The van der Waals surface area contributed by atoms with E-state index < -0.39 is 0 Å². The van der Waals surface area contributed by atoms with Gasteiger partial charge in [0, 0.05) is 0 Å². The first kappa shape index (κ1) is 12.1. The number of hydrogen-bond acceptors (Lipinski definition) is 4. The molecule has 1 fully saturated rings. The molecule has 3 rings (SSSR count). The van der Waals surface area contributed by atoms with Gasteiger partial charge in [0.1, 0.15) is 12.1 Å². The Morgan fingerprint density at radius 3 is 3.00 bits per heavy atom. The second kappa shape index (κ2) is 5.38. The highest BCUT2D eigenvalue weighted by molar-refractivity contribution is 9.10. The van der Waals surface area contributed by atoms with Gasteiger partial charge < -0.3 is 14.5 Å². The molecule has 0 amide bonds. The molecule has 0 saturated carbocycles. The Hall–Kier alpha value is -0.910. The minimum atomic E-state index is 0.324. The van der Waals surface area contributed by atoms with Crippen LogP contribution in [0.3, 0.4) is 0 Å². The zero-order valence-corrected chi connectivity index (χ0v) is 11.6. The largest absolute Gasteiger partial charge is 0.437 e. The van der Waals surface area contributed by atoms with Crippen molar-refractivity contribution in [1.82, 2.24) is 10.3 Å². The van der Waals surface area contributed by atoms with Crippen LogP contribution < -0.4 is 5.32 Å². The number of oxazole rings is 1. The van der Waals surface area contributed by atoms with Gasteiger partial charge in [-0.25, -0.2) is 4.98 Å². The number of aromatic nitrogens is 1. The maximum absolute atomic E-state index is 5.83. The summed E-state index contributed by atoms with van der Waals surface area (Å²) in [5, 5.41) is 3.32. The Morgan fingerprint density at radius 1 is 1.39 bits per heavy atom. The molecule has 2 heterocycles. The van der Waals surface area contributed by atoms with Crippen molar-refractivity contribution in [2.75, 3.05) is 13.1 Å². The van der Waals surface area contributed by atoms with Gasteiger partial charge in [-0.3, -0.25) is 0 Å². The van der Waals surface area contributed by atoms with Crippen molar-refractivity contribution < 1.29 is 9.15 Å². The molecule has 2 aromatic rings. The lowest BCUT2D eigenvalue weighted by molar-refractivity contribution is 0.0113. The number of fused-ring (bicyclic) bond motifs is 1. The number of para-hydroxylation sites is 1. The molecule has 5 heteroatoms. The number of hydrogen-bond donors (Lipinski definition) is 1. The third kappa shape index (κ3) is 2.58. The van der Waals surface area contributed by atoms with E-state index in [9.17, 15) is 0 Å². The Balaban J connectivity index is 1.69. The number of ether oxygens (including phenoxy) is 1. The van der Waals surface area contributed by atoms with E-state index in [0.717, 1.165) is 41.5 Å². The van der Waals surface area contributed by atoms with Crippen molar-refractivity contribution in [3.8, 4) is 0 Å². The number of rotatable bonds is 3. The lowest BCUT2D eigenvalue weighted by Crippen LogP contribution is -2.32. The molecule has 0 spiro atoms. The summed E-state index contributed by atoms with van der Waals surface area (Å²) in [5.74, 6) is 0.649. The van der Waals surface area contributed by atoms with E-state index in [-0.39, 0.29) is 0 Å². The molecule has 1 saturated heterocycles. The Morgan fingerprint density at radius 2 is 2.22 bits per heavy atom. The van der Waals surface area contributed by atoms with Crippen molar-refractivity contribution in [2.45, 2.75) is 25.6 Å². The summed E-state index contributed by atoms with van der Waals surface area (Å²) < 4.78 is 12.4. The van der Waals surface area contributed by atoms with Crippen molar-refractivity contribution in [1.29, 1.82) is 0 Å². The van der Waals surface area contributed by atoms with Gasteiger partial charge in [0.15, 0.2) is 5.58 Å². The fraction of sp³-hybridized carbons (Fsp3) is 0.462. The van der Waals surface area contributed by atoms with E-state index in [4.69, 9.17) is 9.15 Å². The molecule has 1 N–H and O–H groups in total. The lowest BCUT2D eigenvalue weighted by Gasteiger charge is -2.22. The van der Waals surface area contributed by atoms with Crippen LogP contribution in [-0.2, 0) is 11.3 Å². The molecule has 1 aliphatic heterocycles. The second-order valence-corrected chi connectivity index (χ2v) is 5.31. The predicted octanol–water partition coefficient (Wildman–Crippen LogP) is 2.86. The zero-order chi connectivity index (χ0) is 12.4. The highest BCUT2D eigenvalue weighted by Gasteiger charge is 2.15. The minimum Gasteiger partial charge on any atom is -0.437 e. The van der Waals surface area contributed by atoms with E-state index in [1.165, 1.54) is 0 Å². The number of nitrogens with zero attached hydrogens (tertiary/aromatic N) is 1. The van der Waals surface area contributed by atoms with Crippen molar-refractivity contribution >= 4 is 27.0 Å². The fourth-order valence-corrected chi connectivity index (χ4v) is 2.61. The van der Waals surface area contributed by atoms with Gasteiger partial charge in [-0.05, 0) is 54.0 Å². The van der Waals surface area contributed by atoms with Gasteiger partial charge in [-0.1, -0.05) is 6.07 Å². The van der Waals surface area contributed by atoms with E-state index in [0.29, 0.717) is 18.6 Å². The van der Waals surface area contributed by atoms with Crippen molar-refractivity contribution in [3.63, 3.8) is 0 Å². The van der Waals surface area contributed by atoms with Gasteiger partial charge in [-0.15, -0.1) is 0 Å². The zero-order valence-electron chi connectivity index (χ0n) is 9.99. The van der Waals surface area contributed by atoms with Gasteiger partial charge in [0.2, 0.25) is 5.89 Å². The van der Waals surface area contributed by atoms with Gasteiger partial charge in [0.05, 0.1) is 10.6 Å². The van der Waals surface area contributed by atoms with Gasteiger partial charge >= 0.3 is 0 Å². The summed E-state index contributed by atoms with van der Waals surface area (Å²) in [6, 6.07) is 5.84. The van der Waals surface area contributed by atoms with Crippen LogP contribution in [0.2, 0.25) is 0 Å². The number of nitrogens with one attached hydrogen (secondary N) is 1. The highest BCUT2D eigenvalue weighted by Crippen LogP contribution is 2.25. The molecule has 0 bridgehead atoms. The second-order valence-electron chi connectivity index (χ2n) is 4.46. The average Bonchev–Trinajstić information content (AvgIpc) is 2.82. The number of halogens is 1. The Kier molecular flexibility index (Phi) is 3.63. The van der Waals surface area contributed by atoms with E-state index in [2.05, 4.69) is 26.2 Å². The Labute approximate surface area is 114 Å². The lowest BCUT2D eigenvalue weighted by atomic mass is 10.1. The monoisotopic (exact) mass is 310 g/mol. The molecule has 0 aliphatic carbocycles. The van der Waals surface area contributed by atoms with Crippen LogP contribution in [0.25, 0.3) is 11.1 Å². The molecular weight excluding hydrogens is 296 g/mol. The predicted molar refractivity (Wildman–Crippen MR) is 72.4 cm³/mol. The summed E-state index contributed by atoms with van der Waals surface area (Å²) in [4.78, 5) is 4.42. The molecule has 0 unspecified atom stereocenters. The molecule has 1 aromatic carbocycles. The molecule has 0 atom stereocenters. The molecule has 0 radical (unpaired) electrons. The summed E-state index contributed by atoms with van der Waals surface area (Å²) >= 11 is 3.46. The highest BCUT2D eigenvalue weighted by atomic mass is 79.9. The smallest absolute Gasteiger partial charge is 0.221 e. The van der Waals surface area contributed by atoms with Crippen molar-refractivity contribution in [3.05, 3.63) is 28.6 Å². The van der Waals surface area contributed by atoms with E-state index >= 15 is 0 Å². The van der Waals surface area contributed by atoms with Crippen LogP contribution in [0.1, 0.15) is 18.7 Å². The molecular formula is C13H15BrN2O2. The van der Waals surface area contributed by atoms with Gasteiger partial charge in [-0.2, -0.15) is 0 Å². The standard InChI is InChI=1S/C13H15BrN2O2/c14-10-2-1-3-11-13(10)18-12(16-11)8-17-9-4-6-15-7-5-9/h1-3,9,15H,4-8H2. The summed E-state index contributed by atoms with van der Waals surface area (Å²) in [6.07, 6.45) is 2.44. The first-order valence-electron chi connectivity index (χ1n) is 6.19. The minimum absolute atomic E-state index is 0.324. The van der Waals surface area contributed by atoms with E-state index in [1.807, 2.05) is 18.2 Å². The average molecular weight is 311 g/mol. The van der Waals surface area contributed by atoms with E-state index in [1.54, 1.807) is 0 Å². The van der Waals surface area contributed by atoms with Crippen LogP contribution in [0.5, 0.6) is 0 Å². The summed E-state index contributed by atoms with van der Waals surface area (Å²) in [7, 11) is 0. The molecule has 1 aromatic heterocycles. The molecule has 18 heavy (non-hydrogen) atoms. The van der Waals surface area contributed by atoms with Crippen molar-refractivity contribution in [2.24, 2.45) is 0 Å². The fourth-order valence-electron chi connectivity index (χ4n) is 2.17. The summed E-state index contributed by atoms with van der Waals surface area (Å²) in [6.45, 7) is 2.51. The molecule has 96 valence electrons. The SMILES string of the molecule is Brc1cccc2nc(COC3CCNCC3)oc12. The van der Waals surface area contributed by atoms with Crippen LogP contribution in [-0.4, -0.2) is 24.2 Å². The maximum Gasteiger partial charge on any atom is 0.221 e. The van der Waals surface area contributed by atoms with Crippen LogP contribution in [0.15, 0.2) is 27.1 Å². The van der Waals surface area contributed by atoms with Crippen LogP contribution >= 0.6 is 15.9 Å². The molecule has 4 nitrogen and oxygen atoms in total. The normalized spacial score (nSPS) is 17.4. The third-order valence-electron chi connectivity index (χ3n) is 3.14. The Bertz CT molecular complexity index is 535. The maximum atomic E-state index is 5.83.